The van der Waals surface area contributed by atoms with E-state index in [0.29, 0.717) is 29.4 Å². The van der Waals surface area contributed by atoms with Gasteiger partial charge in [0.1, 0.15) is 24.7 Å². The summed E-state index contributed by atoms with van der Waals surface area (Å²) in [4.78, 5) is 24.2. The second-order valence-corrected chi connectivity index (χ2v) is 11.9. The lowest BCUT2D eigenvalue weighted by Crippen LogP contribution is -2.39. The number of benzene rings is 4. The molecule has 0 bridgehead atoms. The van der Waals surface area contributed by atoms with Gasteiger partial charge in [0.25, 0.3) is 21.6 Å². The van der Waals surface area contributed by atoms with E-state index in [2.05, 4.69) is 10.5 Å². The Morgan fingerprint density at radius 1 is 0.932 bits per heavy atom. The lowest BCUT2D eigenvalue weighted by molar-refractivity contribution is -0.384. The van der Waals surface area contributed by atoms with E-state index in [1.807, 2.05) is 13.2 Å². The van der Waals surface area contributed by atoms with Crippen molar-refractivity contribution in [2.75, 3.05) is 23.7 Å². The van der Waals surface area contributed by atoms with E-state index in [4.69, 9.17) is 9.47 Å². The Labute approximate surface area is 259 Å². The van der Waals surface area contributed by atoms with Gasteiger partial charge in [-0.2, -0.15) is 5.10 Å². The topological polar surface area (TPSA) is 140 Å². The maximum absolute atomic E-state index is 13.6. The van der Waals surface area contributed by atoms with Crippen molar-refractivity contribution in [3.05, 3.63) is 118 Å². The van der Waals surface area contributed by atoms with Crippen LogP contribution < -0.4 is 19.2 Å². The van der Waals surface area contributed by atoms with Crippen LogP contribution in [0, 0.1) is 10.1 Å². The predicted octanol–water partition coefficient (Wildman–Crippen LogP) is 5.64. The molecular weight excluding hydrogens is 604 g/mol. The number of non-ortho nitro benzene ring substituents is 1. The molecule has 0 atom stereocenters. The van der Waals surface area contributed by atoms with E-state index in [1.54, 1.807) is 72.8 Å². The normalized spacial score (nSPS) is 11.2. The Morgan fingerprint density at radius 2 is 1.55 bits per heavy atom. The van der Waals surface area contributed by atoms with Crippen LogP contribution in [0.1, 0.15) is 18.1 Å². The van der Waals surface area contributed by atoms with E-state index in [1.165, 1.54) is 42.2 Å². The molecule has 0 unspecified atom stereocenters. The van der Waals surface area contributed by atoms with Crippen molar-refractivity contribution < 1.29 is 27.6 Å². The quantitative estimate of drug-likeness (QED) is 0.0814. The number of nitro groups is 1. The van der Waals surface area contributed by atoms with E-state index in [0.717, 1.165) is 14.8 Å². The van der Waals surface area contributed by atoms with E-state index < -0.39 is 27.4 Å². The molecule has 1 N–H and O–H groups in total. The molecule has 0 saturated heterocycles. The fourth-order valence-electron chi connectivity index (χ4n) is 3.94. The van der Waals surface area contributed by atoms with Crippen molar-refractivity contribution in [1.29, 1.82) is 0 Å². The number of sulfonamides is 1. The molecule has 228 valence electrons. The Morgan fingerprint density at radius 3 is 2.14 bits per heavy atom. The van der Waals surface area contributed by atoms with Crippen molar-refractivity contribution >= 4 is 45.3 Å². The summed E-state index contributed by atoms with van der Waals surface area (Å²) in [7, 11) is -4.09. The summed E-state index contributed by atoms with van der Waals surface area (Å²) < 4.78 is 39.5. The molecule has 0 fully saturated rings. The number of rotatable bonds is 14. The van der Waals surface area contributed by atoms with Crippen molar-refractivity contribution in [2.24, 2.45) is 5.10 Å². The lowest BCUT2D eigenvalue weighted by atomic mass is 10.2. The summed E-state index contributed by atoms with van der Waals surface area (Å²) in [5.74, 6) is 0.517. The first-order chi connectivity index (χ1) is 21.2. The Balaban J connectivity index is 1.40. The van der Waals surface area contributed by atoms with Crippen LogP contribution in [-0.4, -0.2) is 44.9 Å². The minimum absolute atomic E-state index is 0.0101. The van der Waals surface area contributed by atoms with Crippen LogP contribution in [-0.2, 0) is 21.4 Å². The number of hydrogen-bond donors (Lipinski definition) is 1. The van der Waals surface area contributed by atoms with Gasteiger partial charge in [-0.1, -0.05) is 0 Å². The van der Waals surface area contributed by atoms with Gasteiger partial charge in [-0.3, -0.25) is 19.2 Å². The maximum Gasteiger partial charge on any atom is 0.269 e. The zero-order chi connectivity index (χ0) is 31.5. The highest BCUT2D eigenvalue weighted by molar-refractivity contribution is 7.98. The van der Waals surface area contributed by atoms with E-state index >= 15 is 0 Å². The molecule has 0 heterocycles. The second kappa shape index (κ2) is 15.0. The van der Waals surface area contributed by atoms with Gasteiger partial charge in [-0.05, 0) is 109 Å². The highest BCUT2D eigenvalue weighted by Gasteiger charge is 2.27. The van der Waals surface area contributed by atoms with Gasteiger partial charge < -0.3 is 9.47 Å². The van der Waals surface area contributed by atoms with Crippen LogP contribution in [0.25, 0.3) is 0 Å². The average Bonchev–Trinajstić information content (AvgIpc) is 3.04. The lowest BCUT2D eigenvalue weighted by Gasteiger charge is -2.24. The van der Waals surface area contributed by atoms with Crippen molar-refractivity contribution in [1.82, 2.24) is 5.43 Å². The van der Waals surface area contributed by atoms with Crippen molar-refractivity contribution in [3.63, 3.8) is 0 Å². The molecule has 4 aromatic carbocycles. The number of hydrogen-bond acceptors (Lipinski definition) is 9. The van der Waals surface area contributed by atoms with E-state index in [9.17, 15) is 23.3 Å². The number of anilines is 1. The molecule has 4 aromatic rings. The first-order valence-electron chi connectivity index (χ1n) is 13.4. The third-order valence-corrected chi connectivity index (χ3v) is 8.74. The summed E-state index contributed by atoms with van der Waals surface area (Å²) in [5.41, 5.74) is 4.15. The van der Waals surface area contributed by atoms with Crippen LogP contribution >= 0.6 is 11.8 Å². The van der Waals surface area contributed by atoms with E-state index in [-0.39, 0.29) is 17.2 Å². The van der Waals surface area contributed by atoms with Gasteiger partial charge in [-0.25, -0.2) is 13.8 Å². The minimum atomic E-state index is -4.09. The molecule has 11 nitrogen and oxygen atoms in total. The van der Waals surface area contributed by atoms with Crippen LogP contribution in [0.5, 0.6) is 11.5 Å². The Kier molecular flexibility index (Phi) is 10.9. The standard InChI is InChI=1S/C31H30N4O7S2/c1-3-41-27-14-10-25(11-15-27)34(44(39,40)30-18-16-29(43-2)17-19-30)21-31(36)33-32-20-23-6-12-28(13-7-23)42-22-24-4-8-26(9-5-24)35(37)38/h4-20H,3,21-22H2,1-2H3,(H,33,36)/b32-20+. The molecular formula is C31H30N4O7S2. The number of nitrogens with zero attached hydrogens (tertiary/aromatic N) is 3. The van der Waals surface area contributed by atoms with Crippen molar-refractivity contribution in [2.45, 2.75) is 23.3 Å². The molecule has 4 rings (SSSR count). The molecule has 0 aliphatic rings. The summed E-state index contributed by atoms with van der Waals surface area (Å²) >= 11 is 1.49. The molecule has 0 aromatic heterocycles. The van der Waals surface area contributed by atoms with Crippen LogP contribution in [0.15, 0.2) is 112 Å². The predicted molar refractivity (Wildman–Crippen MR) is 170 cm³/mol. The highest BCUT2D eigenvalue weighted by Crippen LogP contribution is 2.27. The SMILES string of the molecule is CCOc1ccc(N(CC(=O)N/N=C/c2ccc(OCc3ccc([N+](=O)[O-])cc3)cc2)S(=O)(=O)c2ccc(SC)cc2)cc1. The maximum atomic E-state index is 13.6. The molecule has 0 aliphatic carbocycles. The number of ether oxygens (including phenoxy) is 2. The Hall–Kier alpha value is -4.88. The number of nitro benzene ring substituents is 1. The first-order valence-corrected chi connectivity index (χ1v) is 16.0. The molecule has 0 saturated carbocycles. The number of thioether (sulfide) groups is 1. The third-order valence-electron chi connectivity index (χ3n) is 6.21. The number of carbonyl (C=O) groups excluding carboxylic acids is 1. The summed E-state index contributed by atoms with van der Waals surface area (Å²) in [6.45, 7) is 2.03. The molecule has 0 spiro atoms. The van der Waals surface area contributed by atoms with Gasteiger partial charge in [0.2, 0.25) is 0 Å². The van der Waals surface area contributed by atoms with Gasteiger partial charge >= 0.3 is 0 Å². The molecule has 1 amide bonds. The van der Waals surface area contributed by atoms with Gasteiger partial charge in [0, 0.05) is 17.0 Å². The first kappa shape index (κ1) is 32.0. The third kappa shape index (κ3) is 8.58. The zero-order valence-corrected chi connectivity index (χ0v) is 25.6. The number of nitrogens with one attached hydrogen (secondary N) is 1. The molecule has 13 heteroatoms. The van der Waals surface area contributed by atoms with Crippen LogP contribution in [0.2, 0.25) is 0 Å². The molecule has 0 aliphatic heterocycles. The summed E-state index contributed by atoms with van der Waals surface area (Å²) in [6, 6.07) is 25.9. The second-order valence-electron chi connectivity index (χ2n) is 9.19. The van der Waals surface area contributed by atoms with Crippen molar-refractivity contribution in [3.8, 4) is 11.5 Å². The van der Waals surface area contributed by atoms with Crippen LogP contribution in [0.3, 0.4) is 0 Å². The van der Waals surface area contributed by atoms with Gasteiger partial charge in [0.05, 0.1) is 28.3 Å². The van der Waals surface area contributed by atoms with Gasteiger partial charge in [0.15, 0.2) is 0 Å². The van der Waals surface area contributed by atoms with Gasteiger partial charge in [-0.15, -0.1) is 11.8 Å². The average molecular weight is 635 g/mol. The fourth-order valence-corrected chi connectivity index (χ4v) is 5.77. The molecule has 0 radical (unpaired) electrons. The number of hydrazone groups is 1. The minimum Gasteiger partial charge on any atom is -0.494 e. The monoisotopic (exact) mass is 634 g/mol. The Bertz CT molecular complexity index is 1690. The summed E-state index contributed by atoms with van der Waals surface area (Å²) in [6.07, 6.45) is 3.32. The largest absolute Gasteiger partial charge is 0.494 e. The fraction of sp³-hybridized carbons (Fsp3) is 0.161. The highest BCUT2D eigenvalue weighted by atomic mass is 32.2. The smallest absolute Gasteiger partial charge is 0.269 e. The van der Waals surface area contributed by atoms with Crippen LogP contribution in [0.4, 0.5) is 11.4 Å². The number of amides is 1. The summed E-state index contributed by atoms with van der Waals surface area (Å²) in [5, 5.41) is 14.8. The zero-order valence-electron chi connectivity index (χ0n) is 24.0. The molecule has 44 heavy (non-hydrogen) atoms. The number of carbonyl (C=O) groups is 1.